The second-order valence-electron chi connectivity index (χ2n) is 7.08. The van der Waals surface area contributed by atoms with Gasteiger partial charge < -0.3 is 9.88 Å². The summed E-state index contributed by atoms with van der Waals surface area (Å²) >= 11 is 0. The molecule has 1 aromatic heterocycles. The molecule has 5 nitrogen and oxygen atoms in total. The highest BCUT2D eigenvalue weighted by atomic mass is 19.1. The lowest BCUT2D eigenvalue weighted by Gasteiger charge is -2.31. The molecule has 0 saturated carbocycles. The third-order valence-electron chi connectivity index (χ3n) is 5.60. The number of hydrogen-bond donors (Lipinski definition) is 1. The lowest BCUT2D eigenvalue weighted by Crippen LogP contribution is -2.37. The van der Waals surface area contributed by atoms with E-state index in [-0.39, 0.29) is 29.7 Å². The number of benzene rings is 1. The Kier molecular flexibility index (Phi) is 4.29. The highest BCUT2D eigenvalue weighted by Gasteiger charge is 2.45. The summed E-state index contributed by atoms with van der Waals surface area (Å²) in [7, 11) is 1.99. The van der Waals surface area contributed by atoms with Gasteiger partial charge in [0, 0.05) is 38.4 Å². The topological polar surface area (TPSA) is 50.2 Å². The molecular formula is C19H23FN4O. The zero-order valence-electron chi connectivity index (χ0n) is 14.4. The second kappa shape index (κ2) is 6.59. The minimum absolute atomic E-state index is 0.00854. The smallest absolute Gasteiger partial charge is 0.224 e. The zero-order chi connectivity index (χ0) is 17.4. The van der Waals surface area contributed by atoms with Gasteiger partial charge in [-0.1, -0.05) is 12.1 Å². The zero-order valence-corrected chi connectivity index (χ0v) is 14.4. The molecule has 1 aromatic carbocycles. The third-order valence-corrected chi connectivity index (χ3v) is 5.60. The van der Waals surface area contributed by atoms with E-state index in [1.165, 1.54) is 12.1 Å². The molecule has 4 rings (SSSR count). The molecule has 1 N–H and O–H groups in total. The first-order valence-corrected chi connectivity index (χ1v) is 8.87. The van der Waals surface area contributed by atoms with Gasteiger partial charge in [0.05, 0.1) is 17.9 Å². The van der Waals surface area contributed by atoms with Crippen molar-refractivity contribution in [1.82, 2.24) is 19.8 Å². The lowest BCUT2D eigenvalue weighted by molar-refractivity contribution is -0.125. The van der Waals surface area contributed by atoms with Crippen molar-refractivity contribution in [3.05, 3.63) is 53.9 Å². The van der Waals surface area contributed by atoms with Crippen molar-refractivity contribution in [1.29, 1.82) is 0 Å². The number of amides is 1. The molecule has 2 saturated heterocycles. The van der Waals surface area contributed by atoms with E-state index in [9.17, 15) is 9.18 Å². The Balaban J connectivity index is 1.69. The molecule has 0 aliphatic carbocycles. The maximum absolute atomic E-state index is 13.4. The van der Waals surface area contributed by atoms with E-state index in [1.54, 1.807) is 6.33 Å². The van der Waals surface area contributed by atoms with E-state index in [0.29, 0.717) is 0 Å². The summed E-state index contributed by atoms with van der Waals surface area (Å²) in [5.41, 5.74) is 2.20. The largest absolute Gasteiger partial charge is 0.356 e. The first-order valence-electron chi connectivity index (χ1n) is 8.87. The van der Waals surface area contributed by atoms with Crippen LogP contribution in [0.3, 0.4) is 0 Å². The van der Waals surface area contributed by atoms with E-state index in [2.05, 4.69) is 15.2 Å². The van der Waals surface area contributed by atoms with Crippen LogP contribution in [0.25, 0.3) is 0 Å². The van der Waals surface area contributed by atoms with Crippen LogP contribution in [-0.4, -0.2) is 32.9 Å². The summed E-state index contributed by atoms with van der Waals surface area (Å²) in [6.45, 7) is 1.50. The number of nitrogens with one attached hydrogen (secondary N) is 1. The van der Waals surface area contributed by atoms with Crippen LogP contribution in [-0.2, 0) is 18.4 Å². The summed E-state index contributed by atoms with van der Waals surface area (Å²) in [6.07, 6.45) is 6.45. The number of aryl methyl sites for hydroxylation is 1. The van der Waals surface area contributed by atoms with Crippen molar-refractivity contribution >= 4 is 5.91 Å². The van der Waals surface area contributed by atoms with E-state index in [1.807, 2.05) is 29.9 Å². The summed E-state index contributed by atoms with van der Waals surface area (Å²) in [6, 6.07) is 7.04. The van der Waals surface area contributed by atoms with E-state index in [4.69, 9.17) is 0 Å². The van der Waals surface area contributed by atoms with Crippen molar-refractivity contribution in [2.24, 2.45) is 13.0 Å². The minimum Gasteiger partial charge on any atom is -0.356 e. The quantitative estimate of drug-likeness (QED) is 0.932. The number of likely N-dealkylation sites (tertiary alicyclic amines) is 1. The van der Waals surface area contributed by atoms with Crippen molar-refractivity contribution in [3.63, 3.8) is 0 Å². The van der Waals surface area contributed by atoms with Crippen LogP contribution in [0.1, 0.15) is 36.6 Å². The number of hydrogen-bond acceptors (Lipinski definition) is 3. The Morgan fingerprint density at radius 1 is 1.32 bits per heavy atom. The Labute approximate surface area is 146 Å². The maximum atomic E-state index is 13.4. The normalized spacial score (nSPS) is 27.0. The average molecular weight is 342 g/mol. The van der Waals surface area contributed by atoms with Crippen LogP contribution < -0.4 is 5.32 Å². The molecule has 2 aliphatic heterocycles. The molecule has 3 atom stereocenters. The first kappa shape index (κ1) is 16.3. The molecular weight excluding hydrogens is 319 g/mol. The standard InChI is InChI=1S/C19H23FN4O/c1-23-12-21-10-15(23)11-24-17-3-2-8-22-19(25)16(17)9-18(24)13-4-6-14(20)7-5-13/h4-7,10,12,16-18H,2-3,8-9,11H2,1H3,(H,22,25)/t16-,17+,18+/m1/s1. The molecule has 2 aromatic rings. The van der Waals surface area contributed by atoms with Crippen molar-refractivity contribution in [3.8, 4) is 0 Å². The molecule has 132 valence electrons. The molecule has 3 heterocycles. The van der Waals surface area contributed by atoms with Gasteiger partial charge in [0.1, 0.15) is 5.82 Å². The molecule has 0 unspecified atom stereocenters. The Hall–Kier alpha value is -2.21. The number of carbonyl (C=O) groups excluding carboxylic acids is 1. The molecule has 0 bridgehead atoms. The number of nitrogens with zero attached hydrogens (tertiary/aromatic N) is 3. The third kappa shape index (κ3) is 3.06. The van der Waals surface area contributed by atoms with Crippen LogP contribution in [0.2, 0.25) is 0 Å². The fourth-order valence-corrected chi connectivity index (χ4v) is 4.26. The van der Waals surface area contributed by atoms with Crippen molar-refractivity contribution in [2.45, 2.75) is 37.9 Å². The highest BCUT2D eigenvalue weighted by Crippen LogP contribution is 2.43. The van der Waals surface area contributed by atoms with Crippen LogP contribution in [0, 0.1) is 11.7 Å². The van der Waals surface area contributed by atoms with Crippen LogP contribution in [0.5, 0.6) is 0 Å². The van der Waals surface area contributed by atoms with Crippen LogP contribution in [0.15, 0.2) is 36.8 Å². The number of fused-ring (bicyclic) bond motifs is 1. The van der Waals surface area contributed by atoms with E-state index < -0.39 is 0 Å². The van der Waals surface area contributed by atoms with Gasteiger partial charge in [-0.15, -0.1) is 0 Å². The first-order chi connectivity index (χ1) is 12.1. The SMILES string of the molecule is Cn1cncc1CN1[C@H](c2ccc(F)cc2)C[C@H]2C(=O)NCCC[C@@H]21. The van der Waals surface area contributed by atoms with Gasteiger partial charge in [-0.2, -0.15) is 0 Å². The molecule has 25 heavy (non-hydrogen) atoms. The molecule has 2 aliphatic rings. The molecule has 0 spiro atoms. The Morgan fingerprint density at radius 3 is 2.84 bits per heavy atom. The van der Waals surface area contributed by atoms with Crippen LogP contribution >= 0.6 is 0 Å². The van der Waals surface area contributed by atoms with Crippen molar-refractivity contribution < 1.29 is 9.18 Å². The number of imidazole rings is 1. The molecule has 0 radical (unpaired) electrons. The molecule has 6 heteroatoms. The number of aromatic nitrogens is 2. The highest BCUT2D eigenvalue weighted by molar-refractivity contribution is 5.80. The number of carbonyl (C=O) groups is 1. The molecule has 1 amide bonds. The predicted molar refractivity (Wildman–Crippen MR) is 92.0 cm³/mol. The summed E-state index contributed by atoms with van der Waals surface area (Å²) in [4.78, 5) is 19.2. The van der Waals surface area contributed by atoms with E-state index >= 15 is 0 Å². The van der Waals surface area contributed by atoms with Crippen molar-refractivity contribution in [2.75, 3.05) is 6.54 Å². The van der Waals surface area contributed by atoms with Gasteiger partial charge >= 0.3 is 0 Å². The van der Waals surface area contributed by atoms with Gasteiger partial charge in [-0.3, -0.25) is 9.69 Å². The maximum Gasteiger partial charge on any atom is 0.224 e. The van der Waals surface area contributed by atoms with Gasteiger partial charge in [-0.05, 0) is 37.0 Å². The van der Waals surface area contributed by atoms with Crippen LogP contribution in [0.4, 0.5) is 4.39 Å². The van der Waals surface area contributed by atoms with Gasteiger partial charge in [0.15, 0.2) is 0 Å². The summed E-state index contributed by atoms with van der Waals surface area (Å²) < 4.78 is 15.4. The average Bonchev–Trinajstić information content (AvgIpc) is 3.11. The Bertz CT molecular complexity index is 757. The number of halogens is 1. The number of rotatable bonds is 3. The Morgan fingerprint density at radius 2 is 2.12 bits per heavy atom. The molecule has 2 fully saturated rings. The minimum atomic E-state index is -0.230. The van der Waals surface area contributed by atoms with Gasteiger partial charge in [-0.25, -0.2) is 9.37 Å². The summed E-state index contributed by atoms with van der Waals surface area (Å²) in [5.74, 6) is -0.0835. The fourth-order valence-electron chi connectivity index (χ4n) is 4.26. The predicted octanol–water partition coefficient (Wildman–Crippen LogP) is 2.40. The summed E-state index contributed by atoms with van der Waals surface area (Å²) in [5, 5.41) is 3.04. The van der Waals surface area contributed by atoms with Gasteiger partial charge in [0.2, 0.25) is 5.91 Å². The second-order valence-corrected chi connectivity index (χ2v) is 7.08. The fraction of sp³-hybridized carbons (Fsp3) is 0.474. The van der Waals surface area contributed by atoms with E-state index in [0.717, 1.165) is 43.6 Å². The lowest BCUT2D eigenvalue weighted by atomic mass is 9.94. The monoisotopic (exact) mass is 342 g/mol. The van der Waals surface area contributed by atoms with Gasteiger partial charge in [0.25, 0.3) is 0 Å².